The minimum absolute atomic E-state index is 0.159. The predicted octanol–water partition coefficient (Wildman–Crippen LogP) is 1.46. The third-order valence-electron chi connectivity index (χ3n) is 2.31. The first kappa shape index (κ1) is 16.1. The lowest BCUT2D eigenvalue weighted by Crippen LogP contribution is -2.36. The Morgan fingerprint density at radius 1 is 1.58 bits per heavy atom. The van der Waals surface area contributed by atoms with Crippen molar-refractivity contribution < 1.29 is 23.1 Å². The summed E-state index contributed by atoms with van der Waals surface area (Å²) in [5.74, 6) is -1.24. The fraction of sp³-hybridized carbons (Fsp3) is 0.545. The summed E-state index contributed by atoms with van der Waals surface area (Å²) in [7, 11) is -3.85. The van der Waals surface area contributed by atoms with Crippen LogP contribution in [0.15, 0.2) is 10.3 Å². The molecule has 6 nitrogen and oxygen atoms in total. The van der Waals surface area contributed by atoms with Crippen molar-refractivity contribution in [2.45, 2.75) is 31.7 Å². The van der Waals surface area contributed by atoms with Gasteiger partial charge in [0, 0.05) is 12.6 Å². The number of nitrogens with one attached hydrogen (secondary N) is 1. The van der Waals surface area contributed by atoms with Crippen molar-refractivity contribution in [3.05, 3.63) is 15.8 Å². The molecule has 0 spiro atoms. The Morgan fingerprint density at radius 2 is 2.21 bits per heavy atom. The number of rotatable bonds is 7. The third kappa shape index (κ3) is 4.00. The van der Waals surface area contributed by atoms with Crippen LogP contribution in [0.5, 0.6) is 0 Å². The highest BCUT2D eigenvalue weighted by molar-refractivity contribution is 7.89. The Morgan fingerprint density at radius 3 is 2.74 bits per heavy atom. The molecule has 108 valence electrons. The van der Waals surface area contributed by atoms with Crippen LogP contribution in [0, 0.1) is 6.92 Å². The maximum atomic E-state index is 12.2. The third-order valence-corrected chi connectivity index (χ3v) is 5.30. The van der Waals surface area contributed by atoms with Crippen molar-refractivity contribution in [1.29, 1.82) is 0 Å². The molecule has 1 atom stereocenters. The summed E-state index contributed by atoms with van der Waals surface area (Å²) >= 11 is 0.906. The quantitative estimate of drug-likeness (QED) is 0.795. The highest BCUT2D eigenvalue weighted by Gasteiger charge is 2.27. The van der Waals surface area contributed by atoms with E-state index in [0.29, 0.717) is 12.2 Å². The zero-order valence-corrected chi connectivity index (χ0v) is 12.6. The smallest absolute Gasteiger partial charge is 0.347 e. The van der Waals surface area contributed by atoms with Crippen LogP contribution in [0.1, 0.15) is 29.1 Å². The predicted molar refractivity (Wildman–Crippen MR) is 72.3 cm³/mol. The molecule has 8 heteroatoms. The molecule has 1 heterocycles. The first-order chi connectivity index (χ1) is 8.79. The lowest BCUT2D eigenvalue weighted by molar-refractivity contribution is 0.0698. The van der Waals surface area contributed by atoms with Crippen LogP contribution in [0.4, 0.5) is 0 Å². The van der Waals surface area contributed by atoms with Crippen LogP contribution in [0.2, 0.25) is 0 Å². The number of hydrogen-bond donors (Lipinski definition) is 2. The Bertz CT molecular complexity index is 549. The van der Waals surface area contributed by atoms with Crippen molar-refractivity contribution in [3.8, 4) is 0 Å². The second-order valence-electron chi connectivity index (χ2n) is 4.06. The molecule has 0 aliphatic rings. The first-order valence-electron chi connectivity index (χ1n) is 5.71. The van der Waals surface area contributed by atoms with Crippen LogP contribution >= 0.6 is 11.3 Å². The van der Waals surface area contributed by atoms with E-state index in [1.54, 1.807) is 13.8 Å². The lowest BCUT2D eigenvalue weighted by Gasteiger charge is -2.14. The molecule has 1 rings (SSSR count). The van der Waals surface area contributed by atoms with Crippen LogP contribution in [-0.4, -0.2) is 38.7 Å². The van der Waals surface area contributed by atoms with Crippen LogP contribution < -0.4 is 4.72 Å². The van der Waals surface area contributed by atoms with Crippen LogP contribution in [0.25, 0.3) is 0 Å². The normalized spacial score (nSPS) is 13.4. The van der Waals surface area contributed by atoms with Crippen LogP contribution in [-0.2, 0) is 14.8 Å². The maximum Gasteiger partial charge on any atom is 0.347 e. The number of carbonyl (C=O) groups is 1. The van der Waals surface area contributed by atoms with Crippen molar-refractivity contribution in [2.75, 3.05) is 13.2 Å². The highest BCUT2D eigenvalue weighted by atomic mass is 32.2. The second kappa shape index (κ2) is 6.47. The average molecular weight is 307 g/mol. The van der Waals surface area contributed by atoms with Crippen LogP contribution in [0.3, 0.4) is 0 Å². The Kier molecular flexibility index (Phi) is 5.48. The molecule has 0 amide bonds. The van der Waals surface area contributed by atoms with Crippen molar-refractivity contribution >= 4 is 27.3 Å². The van der Waals surface area contributed by atoms with E-state index < -0.39 is 22.0 Å². The average Bonchev–Trinajstić information content (AvgIpc) is 2.68. The van der Waals surface area contributed by atoms with E-state index in [1.165, 1.54) is 5.38 Å². The monoisotopic (exact) mass is 307 g/mol. The van der Waals surface area contributed by atoms with Gasteiger partial charge in [-0.2, -0.15) is 0 Å². The molecule has 1 unspecified atom stereocenters. The molecule has 2 N–H and O–H groups in total. The van der Waals surface area contributed by atoms with Gasteiger partial charge in [-0.15, -0.1) is 11.3 Å². The van der Waals surface area contributed by atoms with Gasteiger partial charge >= 0.3 is 5.97 Å². The summed E-state index contributed by atoms with van der Waals surface area (Å²) in [6, 6.07) is -0.425. The van der Waals surface area contributed by atoms with Gasteiger partial charge in [0.25, 0.3) is 0 Å². The minimum Gasteiger partial charge on any atom is -0.477 e. The minimum atomic E-state index is -3.85. The summed E-state index contributed by atoms with van der Waals surface area (Å²) in [6.45, 7) is 5.78. The van der Waals surface area contributed by atoms with Gasteiger partial charge in [-0.1, -0.05) is 0 Å². The number of aryl methyl sites for hydroxylation is 1. The zero-order valence-electron chi connectivity index (χ0n) is 11.0. The lowest BCUT2D eigenvalue weighted by atomic mass is 10.3. The van der Waals surface area contributed by atoms with E-state index in [1.807, 2.05) is 6.92 Å². The Hall–Kier alpha value is -0.960. The molecule has 0 saturated carbocycles. The Balaban J connectivity index is 3.01. The van der Waals surface area contributed by atoms with Gasteiger partial charge in [-0.05, 0) is 31.7 Å². The van der Waals surface area contributed by atoms with E-state index in [4.69, 9.17) is 9.84 Å². The topological polar surface area (TPSA) is 92.7 Å². The van der Waals surface area contributed by atoms with Gasteiger partial charge in [0.15, 0.2) is 0 Å². The Labute approximate surface area is 116 Å². The second-order valence-corrected chi connectivity index (χ2v) is 6.59. The molecule has 0 radical (unpaired) electrons. The number of sulfonamides is 1. The summed E-state index contributed by atoms with van der Waals surface area (Å²) < 4.78 is 31.9. The number of thiophene rings is 1. The first-order valence-corrected chi connectivity index (χ1v) is 8.07. The molecule has 0 saturated heterocycles. The summed E-state index contributed by atoms with van der Waals surface area (Å²) in [5.41, 5.74) is 0.429. The maximum absolute atomic E-state index is 12.2. The van der Waals surface area contributed by atoms with Crippen molar-refractivity contribution in [3.63, 3.8) is 0 Å². The molecule has 0 aliphatic carbocycles. The summed E-state index contributed by atoms with van der Waals surface area (Å²) in [5, 5.41) is 10.5. The molecule has 0 fully saturated rings. The van der Waals surface area contributed by atoms with E-state index in [-0.39, 0.29) is 16.4 Å². The molecule has 1 aromatic heterocycles. The van der Waals surface area contributed by atoms with E-state index in [0.717, 1.165) is 11.3 Å². The molecule has 19 heavy (non-hydrogen) atoms. The number of ether oxygens (including phenoxy) is 1. The zero-order chi connectivity index (χ0) is 14.6. The molecule has 0 aromatic carbocycles. The summed E-state index contributed by atoms with van der Waals surface area (Å²) in [4.78, 5) is 10.7. The van der Waals surface area contributed by atoms with Crippen molar-refractivity contribution in [1.82, 2.24) is 4.72 Å². The highest BCUT2D eigenvalue weighted by Crippen LogP contribution is 2.26. The van der Waals surface area contributed by atoms with Gasteiger partial charge in [-0.25, -0.2) is 17.9 Å². The van der Waals surface area contributed by atoms with Gasteiger partial charge in [0.05, 0.1) is 6.61 Å². The van der Waals surface area contributed by atoms with Gasteiger partial charge in [0.1, 0.15) is 9.77 Å². The van der Waals surface area contributed by atoms with Gasteiger partial charge in [-0.3, -0.25) is 0 Å². The largest absolute Gasteiger partial charge is 0.477 e. The molecule has 0 bridgehead atoms. The van der Waals surface area contributed by atoms with Gasteiger partial charge < -0.3 is 9.84 Å². The molecule has 0 aliphatic heterocycles. The molecular weight excluding hydrogens is 290 g/mol. The number of aromatic carboxylic acids is 1. The fourth-order valence-electron chi connectivity index (χ4n) is 1.57. The SMILES string of the molecule is CCOCC(C)NS(=O)(=O)c1c(C)csc1C(=O)O. The number of hydrogen-bond acceptors (Lipinski definition) is 5. The molecular formula is C11H17NO5S2. The van der Waals surface area contributed by atoms with E-state index in [9.17, 15) is 13.2 Å². The van der Waals surface area contributed by atoms with Crippen molar-refractivity contribution in [2.24, 2.45) is 0 Å². The standard InChI is InChI=1S/C11H17NO5S2/c1-4-17-5-8(3)12-19(15,16)10-7(2)6-18-9(10)11(13)14/h6,8,12H,4-5H2,1-3H3,(H,13,14). The fourth-order valence-corrected chi connectivity index (χ4v) is 4.43. The van der Waals surface area contributed by atoms with E-state index >= 15 is 0 Å². The molecule has 1 aromatic rings. The number of carboxylic acids is 1. The number of carboxylic acid groups (broad SMARTS) is 1. The van der Waals surface area contributed by atoms with Gasteiger partial charge in [0.2, 0.25) is 10.0 Å². The summed E-state index contributed by atoms with van der Waals surface area (Å²) in [6.07, 6.45) is 0. The van der Waals surface area contributed by atoms with E-state index in [2.05, 4.69) is 4.72 Å².